The number of benzene rings is 3. The molecule has 2 aliphatic heterocycles. The lowest BCUT2D eigenvalue weighted by Gasteiger charge is -2.15. The molecule has 1 N–H and O–H groups in total. The second kappa shape index (κ2) is 8.80. The molecule has 6 nitrogen and oxygen atoms in total. The van der Waals surface area contributed by atoms with Gasteiger partial charge in [-0.05, 0) is 60.7 Å². The average Bonchev–Trinajstić information content (AvgIpc) is 3.29. The van der Waals surface area contributed by atoms with Crippen LogP contribution in [0, 0.1) is 6.92 Å². The van der Waals surface area contributed by atoms with Gasteiger partial charge in [-0.1, -0.05) is 64.0 Å². The Bertz CT molecular complexity index is 1360. The number of nitrogens with one attached hydrogen (secondary N) is 1. The summed E-state index contributed by atoms with van der Waals surface area (Å²) in [5, 5.41) is 11.8. The molecule has 2 heterocycles. The first-order valence-corrected chi connectivity index (χ1v) is 11.7. The van der Waals surface area contributed by atoms with Gasteiger partial charge in [0, 0.05) is 10.0 Å². The summed E-state index contributed by atoms with van der Waals surface area (Å²) < 4.78 is 0.831. The van der Waals surface area contributed by atoms with Gasteiger partial charge < -0.3 is 5.32 Å². The Morgan fingerprint density at radius 2 is 1.73 bits per heavy atom. The van der Waals surface area contributed by atoms with Crippen molar-refractivity contribution < 1.29 is 9.59 Å². The zero-order valence-corrected chi connectivity index (χ0v) is 19.9. The highest BCUT2D eigenvalue weighted by Gasteiger charge is 2.35. The van der Waals surface area contributed by atoms with Crippen LogP contribution in [-0.2, 0) is 9.59 Å². The number of fused-ring (bicyclic) bond motifs is 1. The van der Waals surface area contributed by atoms with E-state index in [1.54, 1.807) is 6.07 Å². The van der Waals surface area contributed by atoms with Crippen LogP contribution in [0.2, 0.25) is 0 Å². The minimum Gasteiger partial charge on any atom is -0.320 e. The van der Waals surface area contributed by atoms with E-state index in [4.69, 9.17) is 0 Å². The van der Waals surface area contributed by atoms with Crippen LogP contribution >= 0.6 is 27.7 Å². The lowest BCUT2D eigenvalue weighted by molar-refractivity contribution is -0.113. The molecule has 0 radical (unpaired) electrons. The van der Waals surface area contributed by atoms with Crippen LogP contribution in [0.5, 0.6) is 0 Å². The van der Waals surface area contributed by atoms with Crippen molar-refractivity contribution in [2.75, 3.05) is 10.2 Å². The molecule has 33 heavy (non-hydrogen) atoms. The minimum atomic E-state index is -0.330. The highest BCUT2D eigenvalue weighted by Crippen LogP contribution is 2.36. The lowest BCUT2D eigenvalue weighted by Crippen LogP contribution is -2.28. The highest BCUT2D eigenvalue weighted by molar-refractivity contribution is 9.10. The maximum atomic E-state index is 13.3. The first kappa shape index (κ1) is 21.4. The second-order valence-corrected chi connectivity index (χ2v) is 9.40. The van der Waals surface area contributed by atoms with E-state index >= 15 is 0 Å². The Kier molecular flexibility index (Phi) is 5.70. The maximum absolute atomic E-state index is 13.3. The summed E-state index contributed by atoms with van der Waals surface area (Å²) in [5.41, 5.74) is 4.23. The van der Waals surface area contributed by atoms with Gasteiger partial charge in [-0.25, -0.2) is 0 Å². The van der Waals surface area contributed by atoms with Crippen LogP contribution in [0.25, 0.3) is 6.08 Å². The SMILES string of the molecule is Cc1ccc(N2C(=O)C(=Cc3ccccc3)SC2=NN=C2C(=O)Nc3ccc(Br)cc32)cc1. The number of aryl methyl sites for hydroxylation is 1. The van der Waals surface area contributed by atoms with E-state index in [1.165, 1.54) is 16.7 Å². The first-order chi connectivity index (χ1) is 16.0. The summed E-state index contributed by atoms with van der Waals surface area (Å²) >= 11 is 4.66. The quantitative estimate of drug-likeness (QED) is 0.364. The van der Waals surface area contributed by atoms with Crippen LogP contribution in [0.15, 0.2) is 92.4 Å². The van der Waals surface area contributed by atoms with Crippen molar-refractivity contribution in [3.63, 3.8) is 0 Å². The van der Waals surface area contributed by atoms with E-state index in [2.05, 4.69) is 31.4 Å². The number of carbonyl (C=O) groups is 2. The number of rotatable bonds is 3. The monoisotopic (exact) mass is 516 g/mol. The van der Waals surface area contributed by atoms with Gasteiger partial charge in [-0.3, -0.25) is 14.5 Å². The molecule has 0 spiro atoms. The fraction of sp³-hybridized carbons (Fsp3) is 0.0400. The zero-order chi connectivity index (χ0) is 22.9. The van der Waals surface area contributed by atoms with Crippen LogP contribution in [0.3, 0.4) is 0 Å². The van der Waals surface area contributed by atoms with Gasteiger partial charge in [-0.2, -0.15) is 0 Å². The molecule has 0 bridgehead atoms. The molecule has 0 aliphatic carbocycles. The van der Waals surface area contributed by atoms with Crippen molar-refractivity contribution >= 4 is 67.8 Å². The summed E-state index contributed by atoms with van der Waals surface area (Å²) in [6.45, 7) is 1.99. The third-order valence-corrected chi connectivity index (χ3v) is 6.58. The molecule has 162 valence electrons. The average molecular weight is 517 g/mol. The van der Waals surface area contributed by atoms with E-state index in [0.29, 0.717) is 27.0 Å². The van der Waals surface area contributed by atoms with E-state index in [-0.39, 0.29) is 17.5 Å². The molecule has 1 saturated heterocycles. The van der Waals surface area contributed by atoms with Crippen LogP contribution in [-0.4, -0.2) is 22.7 Å². The van der Waals surface area contributed by atoms with Crippen LogP contribution in [0.1, 0.15) is 16.7 Å². The molecule has 5 rings (SSSR count). The van der Waals surface area contributed by atoms with Crippen molar-refractivity contribution in [1.29, 1.82) is 0 Å². The second-order valence-electron chi connectivity index (χ2n) is 7.47. The molecular formula is C25H17BrN4O2S. The molecule has 8 heteroatoms. The number of thioether (sulfide) groups is 1. The molecule has 0 unspecified atom stereocenters. The summed E-state index contributed by atoms with van der Waals surface area (Å²) in [4.78, 5) is 27.9. The molecule has 1 fully saturated rings. The number of halogens is 1. The third kappa shape index (κ3) is 4.27. The van der Waals surface area contributed by atoms with Gasteiger partial charge in [0.1, 0.15) is 0 Å². The summed E-state index contributed by atoms with van der Waals surface area (Å²) in [5.74, 6) is -0.519. The van der Waals surface area contributed by atoms with Crippen LogP contribution in [0.4, 0.5) is 11.4 Å². The molecule has 3 aromatic rings. The number of amides is 2. The highest BCUT2D eigenvalue weighted by atomic mass is 79.9. The smallest absolute Gasteiger partial charge is 0.276 e. The van der Waals surface area contributed by atoms with E-state index in [0.717, 1.165) is 15.6 Å². The van der Waals surface area contributed by atoms with Gasteiger partial charge in [-0.15, -0.1) is 10.2 Å². The molecule has 0 saturated carbocycles. The van der Waals surface area contributed by atoms with E-state index in [1.807, 2.05) is 79.7 Å². The van der Waals surface area contributed by atoms with E-state index in [9.17, 15) is 9.59 Å². The van der Waals surface area contributed by atoms with Gasteiger partial charge in [0.2, 0.25) is 5.17 Å². The number of amidine groups is 1. The molecular weight excluding hydrogens is 500 g/mol. The fourth-order valence-electron chi connectivity index (χ4n) is 3.48. The Morgan fingerprint density at radius 1 is 0.970 bits per heavy atom. The van der Waals surface area contributed by atoms with Gasteiger partial charge in [0.05, 0.1) is 16.3 Å². The number of hydrogen-bond acceptors (Lipinski definition) is 5. The first-order valence-electron chi connectivity index (χ1n) is 10.1. The fourth-order valence-corrected chi connectivity index (χ4v) is 4.77. The van der Waals surface area contributed by atoms with Crippen LogP contribution < -0.4 is 10.2 Å². The van der Waals surface area contributed by atoms with Crippen molar-refractivity contribution in [3.05, 3.63) is 98.9 Å². The predicted molar refractivity (Wildman–Crippen MR) is 137 cm³/mol. The summed E-state index contributed by atoms with van der Waals surface area (Å²) in [6, 6.07) is 22.7. The van der Waals surface area contributed by atoms with Crippen molar-refractivity contribution in [1.82, 2.24) is 0 Å². The van der Waals surface area contributed by atoms with E-state index < -0.39 is 0 Å². The van der Waals surface area contributed by atoms with Gasteiger partial charge in [0.15, 0.2) is 5.71 Å². The maximum Gasteiger partial charge on any atom is 0.276 e. The number of carbonyl (C=O) groups excluding carboxylic acids is 2. The Morgan fingerprint density at radius 3 is 2.48 bits per heavy atom. The predicted octanol–water partition coefficient (Wildman–Crippen LogP) is 5.59. The molecule has 2 aliphatic rings. The Labute approximate surface area is 203 Å². The zero-order valence-electron chi connectivity index (χ0n) is 17.4. The summed E-state index contributed by atoms with van der Waals surface area (Å²) in [7, 11) is 0. The number of anilines is 2. The number of nitrogens with zero attached hydrogens (tertiary/aromatic N) is 3. The third-order valence-electron chi connectivity index (χ3n) is 5.13. The minimum absolute atomic E-state index is 0.189. The topological polar surface area (TPSA) is 74.1 Å². The molecule has 3 aromatic carbocycles. The Hall–Kier alpha value is -3.49. The van der Waals surface area contributed by atoms with Gasteiger partial charge >= 0.3 is 0 Å². The molecule has 0 aromatic heterocycles. The standard InChI is InChI=1S/C25H17BrN4O2S/c1-15-7-10-18(11-8-15)30-24(32)21(13-16-5-3-2-4-6-16)33-25(30)29-28-22-19-14-17(26)9-12-20(19)27-23(22)31/h2-14H,1H3,(H,27,28,31). The lowest BCUT2D eigenvalue weighted by atomic mass is 10.1. The molecule has 2 amide bonds. The summed E-state index contributed by atoms with van der Waals surface area (Å²) in [6.07, 6.45) is 1.83. The largest absolute Gasteiger partial charge is 0.320 e. The normalized spacial score (nSPS) is 19.0. The van der Waals surface area contributed by atoms with Crippen molar-refractivity contribution in [3.8, 4) is 0 Å². The number of hydrogen-bond donors (Lipinski definition) is 1. The van der Waals surface area contributed by atoms with Gasteiger partial charge in [0.25, 0.3) is 11.8 Å². The molecule has 0 atom stereocenters. The Balaban J connectivity index is 1.57. The van der Waals surface area contributed by atoms with Crippen molar-refractivity contribution in [2.45, 2.75) is 6.92 Å². The van der Waals surface area contributed by atoms with Crippen molar-refractivity contribution in [2.24, 2.45) is 10.2 Å².